The maximum Gasteiger partial charge on any atom is 0.340 e. The summed E-state index contributed by atoms with van der Waals surface area (Å²) in [6, 6.07) is 18.6. The van der Waals surface area contributed by atoms with Crippen molar-refractivity contribution < 1.29 is 23.7 Å². The molecule has 1 aliphatic rings. The van der Waals surface area contributed by atoms with Crippen molar-refractivity contribution in [1.82, 2.24) is 0 Å². The van der Waals surface area contributed by atoms with E-state index in [0.29, 0.717) is 34.4 Å². The van der Waals surface area contributed by atoms with Crippen molar-refractivity contribution in [1.29, 1.82) is 0 Å². The lowest BCUT2D eigenvalue weighted by Crippen LogP contribution is -2.28. The van der Waals surface area contributed by atoms with E-state index in [1.807, 2.05) is 59.5 Å². The van der Waals surface area contributed by atoms with Crippen LogP contribution in [0.25, 0.3) is 0 Å². The fraction of sp³-hybridized carbons (Fsp3) is 0.208. The molecule has 160 valence electrons. The van der Waals surface area contributed by atoms with Crippen molar-refractivity contribution in [2.24, 2.45) is 0 Å². The number of esters is 1. The summed E-state index contributed by atoms with van der Waals surface area (Å²) in [5.74, 6) is 1.28. The molecule has 1 unspecified atom stereocenters. The summed E-state index contributed by atoms with van der Waals surface area (Å²) >= 11 is 6.10. The molecule has 0 fully saturated rings. The number of rotatable bonds is 7. The molecule has 0 spiro atoms. The van der Waals surface area contributed by atoms with E-state index in [-0.39, 0.29) is 5.97 Å². The topological polar surface area (TPSA) is 57.2 Å². The van der Waals surface area contributed by atoms with Crippen LogP contribution in [0, 0.1) is 0 Å². The van der Waals surface area contributed by atoms with Crippen LogP contribution in [0.1, 0.15) is 27.7 Å². The molecule has 1 aliphatic heterocycles. The second-order valence-corrected chi connectivity index (χ2v) is 7.42. The van der Waals surface area contributed by atoms with Crippen LogP contribution >= 0.6 is 11.6 Å². The number of anilines is 1. The molecule has 7 heteroatoms. The molecule has 6 nitrogen and oxygen atoms in total. The molecule has 0 amide bonds. The summed E-state index contributed by atoms with van der Waals surface area (Å²) in [6.07, 6.45) is -0.580. The van der Waals surface area contributed by atoms with Gasteiger partial charge in [-0.2, -0.15) is 0 Å². The summed E-state index contributed by atoms with van der Waals surface area (Å²) in [5, 5.41) is 0.625. The van der Waals surface area contributed by atoms with Gasteiger partial charge < -0.3 is 23.8 Å². The Morgan fingerprint density at radius 2 is 1.58 bits per heavy atom. The third kappa shape index (κ3) is 3.99. The van der Waals surface area contributed by atoms with Crippen molar-refractivity contribution in [3.05, 3.63) is 82.4 Å². The highest BCUT2D eigenvalue weighted by Crippen LogP contribution is 2.41. The first-order chi connectivity index (χ1) is 15.0. The first-order valence-electron chi connectivity index (χ1n) is 9.66. The number of carbonyl (C=O) groups excluding carboxylic acids is 1. The minimum atomic E-state index is -0.580. The normalized spacial score (nSPS) is 14.6. The van der Waals surface area contributed by atoms with Gasteiger partial charge in [0.2, 0.25) is 12.0 Å². The number of nitrogens with zero attached hydrogens (tertiary/aromatic N) is 1. The highest BCUT2D eigenvalue weighted by atomic mass is 35.5. The van der Waals surface area contributed by atoms with Crippen molar-refractivity contribution in [3.8, 4) is 17.2 Å². The number of hydrogen-bond donors (Lipinski definition) is 0. The largest absolute Gasteiger partial charge is 0.493 e. The Hall–Kier alpha value is -3.38. The Kier molecular flexibility index (Phi) is 5.91. The molecule has 3 aromatic carbocycles. The maximum atomic E-state index is 12.5. The van der Waals surface area contributed by atoms with Crippen LogP contribution in [-0.2, 0) is 11.3 Å². The van der Waals surface area contributed by atoms with Crippen LogP contribution in [0.2, 0.25) is 5.02 Å². The number of ether oxygens (including phenoxy) is 4. The van der Waals surface area contributed by atoms with Gasteiger partial charge in [-0.1, -0.05) is 29.8 Å². The fourth-order valence-corrected chi connectivity index (χ4v) is 3.85. The molecule has 1 heterocycles. The molecular formula is C24H22ClNO5. The minimum absolute atomic E-state index is 0.343. The molecule has 0 N–H and O–H groups in total. The molecule has 0 saturated heterocycles. The Labute approximate surface area is 185 Å². The van der Waals surface area contributed by atoms with Gasteiger partial charge in [0.1, 0.15) is 0 Å². The van der Waals surface area contributed by atoms with Gasteiger partial charge in [0, 0.05) is 22.8 Å². The van der Waals surface area contributed by atoms with Gasteiger partial charge in [-0.15, -0.1) is 0 Å². The highest BCUT2D eigenvalue weighted by molar-refractivity contribution is 6.30. The molecule has 0 radical (unpaired) electrons. The molecule has 1 atom stereocenters. The number of halogens is 1. The van der Waals surface area contributed by atoms with Crippen molar-refractivity contribution in [3.63, 3.8) is 0 Å². The molecule has 3 aromatic rings. The molecule has 0 aliphatic carbocycles. The Morgan fingerprint density at radius 3 is 2.19 bits per heavy atom. The van der Waals surface area contributed by atoms with E-state index in [1.54, 1.807) is 27.4 Å². The standard InChI is InChI=1S/C24H22ClNO5/c1-28-20-12-15(13-21(29-2)22(20)30-3)14-26(17-10-8-16(25)9-11-17)23-18-6-4-5-7-19(18)24(27)31-23/h4-13,23H,14H2,1-3H3. The van der Waals surface area contributed by atoms with Gasteiger partial charge in [0.25, 0.3) is 0 Å². The summed E-state index contributed by atoms with van der Waals surface area (Å²) < 4.78 is 22.2. The van der Waals surface area contributed by atoms with Crippen LogP contribution in [0.5, 0.6) is 17.2 Å². The number of cyclic esters (lactones) is 1. The van der Waals surface area contributed by atoms with E-state index in [1.165, 1.54) is 0 Å². The van der Waals surface area contributed by atoms with E-state index < -0.39 is 6.23 Å². The molecule has 0 bridgehead atoms. The van der Waals surface area contributed by atoms with Gasteiger partial charge in [0.15, 0.2) is 11.5 Å². The van der Waals surface area contributed by atoms with Crippen LogP contribution in [-0.4, -0.2) is 27.3 Å². The first kappa shape index (κ1) is 20.9. The Balaban J connectivity index is 1.78. The zero-order valence-corrected chi connectivity index (χ0v) is 18.2. The van der Waals surface area contributed by atoms with Gasteiger partial charge in [-0.05, 0) is 48.0 Å². The van der Waals surface area contributed by atoms with E-state index in [0.717, 1.165) is 16.8 Å². The van der Waals surface area contributed by atoms with E-state index >= 15 is 0 Å². The number of fused-ring (bicyclic) bond motifs is 1. The second-order valence-electron chi connectivity index (χ2n) is 6.98. The Morgan fingerprint density at radius 1 is 0.935 bits per heavy atom. The average Bonchev–Trinajstić information content (AvgIpc) is 3.13. The van der Waals surface area contributed by atoms with Crippen LogP contribution < -0.4 is 19.1 Å². The summed E-state index contributed by atoms with van der Waals surface area (Å²) in [5.41, 5.74) is 3.13. The van der Waals surface area contributed by atoms with Gasteiger partial charge >= 0.3 is 5.97 Å². The number of benzene rings is 3. The second kappa shape index (κ2) is 8.78. The fourth-order valence-electron chi connectivity index (χ4n) is 3.72. The minimum Gasteiger partial charge on any atom is -0.493 e. The number of hydrogen-bond acceptors (Lipinski definition) is 6. The third-order valence-corrected chi connectivity index (χ3v) is 5.44. The SMILES string of the molecule is COc1cc(CN(c2ccc(Cl)cc2)C2OC(=O)c3ccccc32)cc(OC)c1OC. The lowest BCUT2D eigenvalue weighted by Gasteiger charge is -2.31. The predicted octanol–water partition coefficient (Wildman–Crippen LogP) is 5.24. The quantitative estimate of drug-likeness (QED) is 0.469. The molecule has 4 rings (SSSR count). The van der Waals surface area contributed by atoms with Crippen LogP contribution in [0.15, 0.2) is 60.7 Å². The summed E-state index contributed by atoms with van der Waals surface area (Å²) in [7, 11) is 4.72. The van der Waals surface area contributed by atoms with Crippen LogP contribution in [0.3, 0.4) is 0 Å². The van der Waals surface area contributed by atoms with E-state index in [9.17, 15) is 4.79 Å². The molecular weight excluding hydrogens is 418 g/mol. The highest BCUT2D eigenvalue weighted by Gasteiger charge is 2.35. The number of methoxy groups -OCH3 is 3. The van der Waals surface area contributed by atoms with Crippen LogP contribution in [0.4, 0.5) is 5.69 Å². The zero-order valence-electron chi connectivity index (χ0n) is 17.4. The molecule has 31 heavy (non-hydrogen) atoms. The first-order valence-corrected chi connectivity index (χ1v) is 10.0. The number of carbonyl (C=O) groups is 1. The van der Waals surface area contributed by atoms with Gasteiger partial charge in [-0.3, -0.25) is 0 Å². The van der Waals surface area contributed by atoms with E-state index in [2.05, 4.69) is 0 Å². The van der Waals surface area contributed by atoms with Crippen molar-refractivity contribution in [2.45, 2.75) is 12.8 Å². The van der Waals surface area contributed by atoms with Gasteiger partial charge in [0.05, 0.1) is 26.9 Å². The van der Waals surface area contributed by atoms with E-state index in [4.69, 9.17) is 30.5 Å². The van der Waals surface area contributed by atoms with Crippen molar-refractivity contribution >= 4 is 23.3 Å². The maximum absolute atomic E-state index is 12.5. The Bertz CT molecular complexity index is 1070. The molecule has 0 aromatic heterocycles. The summed E-state index contributed by atoms with van der Waals surface area (Å²) in [4.78, 5) is 14.5. The lowest BCUT2D eigenvalue weighted by atomic mass is 10.1. The molecule has 0 saturated carbocycles. The van der Waals surface area contributed by atoms with Gasteiger partial charge in [-0.25, -0.2) is 4.79 Å². The lowest BCUT2D eigenvalue weighted by molar-refractivity contribution is 0.0374. The van der Waals surface area contributed by atoms with Crippen molar-refractivity contribution in [2.75, 3.05) is 26.2 Å². The monoisotopic (exact) mass is 439 g/mol. The average molecular weight is 440 g/mol. The predicted molar refractivity (Wildman–Crippen MR) is 118 cm³/mol. The smallest absolute Gasteiger partial charge is 0.340 e. The summed E-state index contributed by atoms with van der Waals surface area (Å²) in [6.45, 7) is 0.421. The third-order valence-electron chi connectivity index (χ3n) is 5.18. The zero-order chi connectivity index (χ0) is 22.0.